The highest BCUT2D eigenvalue weighted by Gasteiger charge is 2.30. The summed E-state index contributed by atoms with van der Waals surface area (Å²) in [4.78, 5) is 20.1. The molecule has 0 saturated heterocycles. The van der Waals surface area contributed by atoms with Gasteiger partial charge >= 0.3 is 6.18 Å². The number of amides is 1. The van der Waals surface area contributed by atoms with Gasteiger partial charge in [-0.3, -0.25) is 4.79 Å². The molecule has 1 N–H and O–H groups in total. The van der Waals surface area contributed by atoms with E-state index in [-0.39, 0.29) is 15.7 Å². The quantitative estimate of drug-likeness (QED) is 0.598. The van der Waals surface area contributed by atoms with E-state index in [0.29, 0.717) is 21.5 Å². The number of anilines is 1. The Morgan fingerprint density at radius 1 is 1.25 bits per heavy atom. The van der Waals surface area contributed by atoms with E-state index in [2.05, 4.69) is 15.3 Å². The first kappa shape index (κ1) is 20.6. The van der Waals surface area contributed by atoms with E-state index in [4.69, 9.17) is 0 Å². The number of rotatable bonds is 5. The first-order valence-electron chi connectivity index (χ1n) is 7.59. The Bertz CT molecular complexity index is 1130. The van der Waals surface area contributed by atoms with E-state index in [1.54, 1.807) is 6.07 Å². The highest BCUT2D eigenvalue weighted by Crippen LogP contribution is 2.30. The lowest BCUT2D eigenvalue weighted by Crippen LogP contribution is -2.14. The minimum atomic E-state index is -4.46. The van der Waals surface area contributed by atoms with Crippen molar-refractivity contribution in [2.75, 3.05) is 17.3 Å². The van der Waals surface area contributed by atoms with Crippen molar-refractivity contribution in [2.24, 2.45) is 0 Å². The predicted molar refractivity (Wildman–Crippen MR) is 101 cm³/mol. The van der Waals surface area contributed by atoms with Gasteiger partial charge < -0.3 is 5.32 Å². The second kappa shape index (κ2) is 7.68. The number of halogens is 3. The van der Waals surface area contributed by atoms with Gasteiger partial charge in [-0.05, 0) is 30.3 Å². The van der Waals surface area contributed by atoms with Gasteiger partial charge in [0.2, 0.25) is 5.91 Å². The summed E-state index contributed by atoms with van der Waals surface area (Å²) in [6.45, 7) is 0. The lowest BCUT2D eigenvalue weighted by atomic mass is 10.3. The summed E-state index contributed by atoms with van der Waals surface area (Å²) in [7, 11) is -3.35. The zero-order valence-electron chi connectivity index (χ0n) is 14.1. The maximum Gasteiger partial charge on any atom is 0.417 e. The molecule has 2 aromatic heterocycles. The fourth-order valence-electron chi connectivity index (χ4n) is 2.12. The lowest BCUT2D eigenvalue weighted by molar-refractivity contribution is -0.137. The zero-order chi connectivity index (χ0) is 20.5. The van der Waals surface area contributed by atoms with Crippen molar-refractivity contribution in [1.82, 2.24) is 9.97 Å². The second-order valence-electron chi connectivity index (χ2n) is 5.64. The van der Waals surface area contributed by atoms with Crippen LogP contribution in [0.25, 0.3) is 10.2 Å². The minimum Gasteiger partial charge on any atom is -0.301 e. The second-order valence-corrected chi connectivity index (χ2v) is 9.68. The molecule has 0 spiro atoms. The summed E-state index contributed by atoms with van der Waals surface area (Å²) in [5, 5.41) is 3.17. The number of alkyl halides is 3. The topological polar surface area (TPSA) is 89.0 Å². The van der Waals surface area contributed by atoms with Crippen LogP contribution in [-0.2, 0) is 20.8 Å². The maximum atomic E-state index is 12.5. The Morgan fingerprint density at radius 3 is 2.61 bits per heavy atom. The Labute approximate surface area is 166 Å². The van der Waals surface area contributed by atoms with E-state index in [0.717, 1.165) is 35.4 Å². The van der Waals surface area contributed by atoms with Crippen LogP contribution in [0.3, 0.4) is 0 Å². The summed E-state index contributed by atoms with van der Waals surface area (Å²) < 4.78 is 61.3. The fraction of sp³-hybridized carbons (Fsp3) is 0.188. The first-order chi connectivity index (χ1) is 13.0. The van der Waals surface area contributed by atoms with Gasteiger partial charge in [-0.2, -0.15) is 13.2 Å². The molecule has 6 nitrogen and oxygen atoms in total. The molecule has 28 heavy (non-hydrogen) atoms. The number of pyridine rings is 1. The molecule has 0 saturated carbocycles. The van der Waals surface area contributed by atoms with E-state index in [1.807, 2.05) is 0 Å². The van der Waals surface area contributed by atoms with Crippen molar-refractivity contribution in [3.63, 3.8) is 0 Å². The van der Waals surface area contributed by atoms with Crippen molar-refractivity contribution in [2.45, 2.75) is 16.1 Å². The van der Waals surface area contributed by atoms with Crippen molar-refractivity contribution in [1.29, 1.82) is 0 Å². The molecule has 3 rings (SSSR count). The van der Waals surface area contributed by atoms with Gasteiger partial charge in [0.05, 0.1) is 31.5 Å². The summed E-state index contributed by atoms with van der Waals surface area (Å²) in [6.07, 6.45) is -2.64. The number of aromatic nitrogens is 2. The number of nitrogens with one attached hydrogen (secondary N) is 1. The van der Waals surface area contributed by atoms with Crippen LogP contribution in [0.2, 0.25) is 0 Å². The third-order valence-electron chi connectivity index (χ3n) is 3.45. The smallest absolute Gasteiger partial charge is 0.301 e. The Balaban J connectivity index is 1.63. The largest absolute Gasteiger partial charge is 0.417 e. The van der Waals surface area contributed by atoms with Crippen LogP contribution in [0, 0.1) is 0 Å². The summed E-state index contributed by atoms with van der Waals surface area (Å²) >= 11 is 2.11. The molecule has 3 aromatic rings. The predicted octanol–water partition coefficient (Wildman–Crippen LogP) is 3.84. The van der Waals surface area contributed by atoms with E-state index in [1.165, 1.54) is 18.2 Å². The van der Waals surface area contributed by atoms with Crippen molar-refractivity contribution >= 4 is 54.2 Å². The summed E-state index contributed by atoms with van der Waals surface area (Å²) in [5.41, 5.74) is -0.311. The van der Waals surface area contributed by atoms with Gasteiger partial charge in [0.1, 0.15) is 0 Å². The Kier molecular flexibility index (Phi) is 5.64. The highest BCUT2D eigenvalue weighted by molar-refractivity contribution is 7.99. The molecule has 1 amide bonds. The molecule has 12 heteroatoms. The van der Waals surface area contributed by atoms with Gasteiger partial charge in [0.25, 0.3) is 0 Å². The molecule has 1 aromatic carbocycles. The average Bonchev–Trinajstić information content (AvgIpc) is 3.00. The number of fused-ring (bicyclic) bond motifs is 1. The molecule has 0 aliphatic heterocycles. The summed E-state index contributed by atoms with van der Waals surface area (Å²) in [5.74, 6) is -0.475. The molecule has 2 heterocycles. The molecule has 0 aliphatic rings. The molecule has 0 bridgehead atoms. The number of hydrogen-bond donors (Lipinski definition) is 1. The van der Waals surface area contributed by atoms with Gasteiger partial charge in [-0.1, -0.05) is 23.1 Å². The number of benzene rings is 1. The zero-order valence-corrected chi connectivity index (χ0v) is 16.6. The Morgan fingerprint density at radius 2 is 2.00 bits per heavy atom. The Hall–Kier alpha value is -2.18. The fourth-order valence-corrected chi connectivity index (χ4v) is 4.40. The standard InChI is InChI=1S/C16H12F3N3O3S3/c1-28(24,25)10-3-4-11-12(6-10)27-15(21-11)22-13(23)8-26-14-5-2-9(7-20-14)16(17,18)19/h2-7H,8H2,1H3,(H,21,22,23). The first-order valence-corrected chi connectivity index (χ1v) is 11.3. The minimum absolute atomic E-state index is 0.0666. The number of carbonyl (C=O) groups is 1. The number of thiazole rings is 1. The summed E-state index contributed by atoms with van der Waals surface area (Å²) in [6, 6.07) is 6.58. The van der Waals surface area contributed by atoms with Gasteiger partial charge in [0, 0.05) is 12.5 Å². The van der Waals surface area contributed by atoms with Crippen molar-refractivity contribution < 1.29 is 26.4 Å². The molecule has 148 valence electrons. The van der Waals surface area contributed by atoms with E-state index < -0.39 is 27.5 Å². The van der Waals surface area contributed by atoms with Gasteiger partial charge in [-0.25, -0.2) is 18.4 Å². The van der Waals surface area contributed by atoms with Crippen LogP contribution in [0.5, 0.6) is 0 Å². The van der Waals surface area contributed by atoms with Crippen LogP contribution in [0.15, 0.2) is 46.5 Å². The number of hydrogen-bond acceptors (Lipinski definition) is 7. The van der Waals surface area contributed by atoms with E-state index in [9.17, 15) is 26.4 Å². The SMILES string of the molecule is CS(=O)(=O)c1ccc2nc(NC(=O)CSc3ccc(C(F)(F)F)cn3)sc2c1. The van der Waals surface area contributed by atoms with Crippen LogP contribution in [0.4, 0.5) is 18.3 Å². The van der Waals surface area contributed by atoms with Crippen LogP contribution in [-0.4, -0.2) is 36.3 Å². The van der Waals surface area contributed by atoms with Crippen molar-refractivity contribution in [3.05, 3.63) is 42.1 Å². The van der Waals surface area contributed by atoms with Crippen molar-refractivity contribution in [3.8, 4) is 0 Å². The number of nitrogens with zero attached hydrogens (tertiary/aromatic N) is 2. The van der Waals surface area contributed by atoms with Crippen LogP contribution in [0.1, 0.15) is 5.56 Å². The van der Waals surface area contributed by atoms with Gasteiger partial charge in [-0.15, -0.1) is 0 Å². The molecular weight excluding hydrogens is 435 g/mol. The number of sulfone groups is 1. The third kappa shape index (κ3) is 5.00. The average molecular weight is 447 g/mol. The van der Waals surface area contributed by atoms with Gasteiger partial charge in [0.15, 0.2) is 15.0 Å². The number of carbonyl (C=O) groups excluding carboxylic acids is 1. The molecule has 0 unspecified atom stereocenters. The number of thioether (sulfide) groups is 1. The molecule has 0 radical (unpaired) electrons. The molecule has 0 fully saturated rings. The third-order valence-corrected chi connectivity index (χ3v) is 6.44. The maximum absolute atomic E-state index is 12.5. The molecule has 0 aliphatic carbocycles. The molecule has 0 atom stereocenters. The van der Waals surface area contributed by atoms with Crippen LogP contribution < -0.4 is 5.32 Å². The monoisotopic (exact) mass is 447 g/mol. The van der Waals surface area contributed by atoms with Crippen LogP contribution >= 0.6 is 23.1 Å². The normalized spacial score (nSPS) is 12.3. The highest BCUT2D eigenvalue weighted by atomic mass is 32.2. The lowest BCUT2D eigenvalue weighted by Gasteiger charge is -2.06. The van der Waals surface area contributed by atoms with E-state index >= 15 is 0 Å². The molecular formula is C16H12F3N3O3S3.